The van der Waals surface area contributed by atoms with Gasteiger partial charge in [0, 0.05) is 25.2 Å². The first-order valence-electron chi connectivity index (χ1n) is 8.41. The number of carbonyl (C=O) groups excluding carboxylic acids is 3. The molecule has 4 nitrogen and oxygen atoms in total. The molecule has 1 amide bonds. The summed E-state index contributed by atoms with van der Waals surface area (Å²) in [6, 6.07) is 2.72. The van der Waals surface area contributed by atoms with Crippen molar-refractivity contribution in [3.63, 3.8) is 0 Å². The van der Waals surface area contributed by atoms with Crippen LogP contribution < -0.4 is 5.32 Å². The summed E-state index contributed by atoms with van der Waals surface area (Å²) in [6.45, 7) is 5.68. The zero-order valence-electron chi connectivity index (χ0n) is 14.5. The van der Waals surface area contributed by atoms with Crippen molar-refractivity contribution < 1.29 is 23.2 Å². The zero-order valence-corrected chi connectivity index (χ0v) is 14.5. The van der Waals surface area contributed by atoms with Crippen LogP contribution in [0.25, 0.3) is 0 Å². The van der Waals surface area contributed by atoms with Crippen LogP contribution in [0, 0.1) is 26.7 Å². The Balaban J connectivity index is 1.74. The summed E-state index contributed by atoms with van der Waals surface area (Å²) < 4.78 is 25.8. The average molecular weight is 349 g/mol. The Labute approximate surface area is 145 Å². The Hall–Kier alpha value is -2.11. The van der Waals surface area contributed by atoms with Crippen LogP contribution in [0.15, 0.2) is 12.1 Å². The van der Waals surface area contributed by atoms with E-state index in [0.29, 0.717) is 0 Å². The molecule has 1 aromatic carbocycles. The lowest BCUT2D eigenvalue weighted by molar-refractivity contribution is -0.128. The molecule has 0 bridgehead atoms. The first-order chi connectivity index (χ1) is 11.6. The van der Waals surface area contributed by atoms with Gasteiger partial charge in [-0.2, -0.15) is 0 Å². The SMILES string of the molecule is Cc1cc(C)c(C2C(=O)CC(CC(=O)NC3CC3(F)F)C2=O)c(C)c1. The number of halogens is 2. The zero-order chi connectivity index (χ0) is 18.5. The smallest absolute Gasteiger partial charge is 0.270 e. The molecule has 0 heterocycles. The van der Waals surface area contributed by atoms with Gasteiger partial charge in [-0.05, 0) is 37.5 Å². The Kier molecular flexibility index (Phi) is 4.25. The van der Waals surface area contributed by atoms with Gasteiger partial charge in [-0.15, -0.1) is 0 Å². The van der Waals surface area contributed by atoms with Gasteiger partial charge < -0.3 is 5.32 Å². The molecule has 6 heteroatoms. The Bertz CT molecular complexity index is 749. The standard InChI is InChI=1S/C19H21F2NO3/c1-9-4-10(2)16(11(3)5-9)17-13(23)6-12(18(17)25)7-15(24)22-14-8-19(14,20)21/h4-5,12,14,17H,6-8H2,1-3H3,(H,22,24). The molecule has 0 saturated heterocycles. The van der Waals surface area contributed by atoms with E-state index < -0.39 is 29.7 Å². The molecule has 1 N–H and O–H groups in total. The van der Waals surface area contributed by atoms with Crippen molar-refractivity contribution in [2.45, 2.75) is 57.9 Å². The number of ketones is 2. The number of nitrogens with one attached hydrogen (secondary N) is 1. The maximum atomic E-state index is 12.9. The topological polar surface area (TPSA) is 63.2 Å². The molecule has 2 fully saturated rings. The maximum absolute atomic E-state index is 12.9. The monoisotopic (exact) mass is 349 g/mol. The summed E-state index contributed by atoms with van der Waals surface area (Å²) in [4.78, 5) is 37.1. The molecule has 25 heavy (non-hydrogen) atoms. The molecule has 0 aromatic heterocycles. The molecular formula is C19H21F2NO3. The van der Waals surface area contributed by atoms with Gasteiger partial charge in [0.1, 0.15) is 11.7 Å². The van der Waals surface area contributed by atoms with Crippen LogP contribution in [-0.4, -0.2) is 29.4 Å². The van der Waals surface area contributed by atoms with Gasteiger partial charge in [0.2, 0.25) is 5.91 Å². The number of Topliss-reactive ketones (excluding diaryl/α,β-unsaturated/α-hetero) is 2. The largest absolute Gasteiger partial charge is 0.347 e. The van der Waals surface area contributed by atoms with Crippen molar-refractivity contribution in [1.82, 2.24) is 5.32 Å². The van der Waals surface area contributed by atoms with Crippen LogP contribution in [0.4, 0.5) is 8.78 Å². The van der Waals surface area contributed by atoms with Crippen molar-refractivity contribution in [2.24, 2.45) is 5.92 Å². The fourth-order valence-corrected chi connectivity index (χ4v) is 3.83. The molecule has 2 saturated carbocycles. The molecule has 3 atom stereocenters. The van der Waals surface area contributed by atoms with E-state index in [0.717, 1.165) is 22.3 Å². The van der Waals surface area contributed by atoms with Crippen molar-refractivity contribution in [3.8, 4) is 0 Å². The molecular weight excluding hydrogens is 328 g/mol. The number of carbonyl (C=O) groups is 3. The maximum Gasteiger partial charge on any atom is 0.270 e. The van der Waals surface area contributed by atoms with Gasteiger partial charge in [0.25, 0.3) is 5.92 Å². The minimum atomic E-state index is -2.84. The number of hydrogen-bond donors (Lipinski definition) is 1. The highest BCUT2D eigenvalue weighted by Crippen LogP contribution is 2.42. The average Bonchev–Trinajstić information content (AvgIpc) is 2.97. The minimum absolute atomic E-state index is 0.00919. The van der Waals surface area contributed by atoms with E-state index in [1.807, 2.05) is 32.9 Å². The fourth-order valence-electron chi connectivity index (χ4n) is 3.83. The van der Waals surface area contributed by atoms with Crippen LogP contribution in [0.1, 0.15) is 47.4 Å². The van der Waals surface area contributed by atoms with Gasteiger partial charge in [0.15, 0.2) is 5.78 Å². The predicted molar refractivity (Wildman–Crippen MR) is 87.6 cm³/mol. The molecule has 2 aliphatic rings. The summed E-state index contributed by atoms with van der Waals surface area (Å²) in [7, 11) is 0. The summed E-state index contributed by atoms with van der Waals surface area (Å²) in [5.74, 6) is -5.49. The number of amides is 1. The molecule has 0 radical (unpaired) electrons. The second-order valence-electron chi connectivity index (χ2n) is 7.30. The van der Waals surface area contributed by atoms with E-state index in [-0.39, 0.29) is 30.8 Å². The van der Waals surface area contributed by atoms with Gasteiger partial charge in [0.05, 0.1) is 6.04 Å². The van der Waals surface area contributed by atoms with Crippen molar-refractivity contribution in [1.29, 1.82) is 0 Å². The lowest BCUT2D eigenvalue weighted by Crippen LogP contribution is -2.31. The van der Waals surface area contributed by atoms with Crippen LogP contribution in [-0.2, 0) is 14.4 Å². The van der Waals surface area contributed by atoms with Crippen molar-refractivity contribution >= 4 is 17.5 Å². The fraction of sp³-hybridized carbons (Fsp3) is 0.526. The third-order valence-electron chi connectivity index (χ3n) is 5.08. The number of rotatable bonds is 4. The van der Waals surface area contributed by atoms with Crippen LogP contribution in [0.5, 0.6) is 0 Å². The summed E-state index contributed by atoms with van der Waals surface area (Å²) >= 11 is 0. The highest BCUT2D eigenvalue weighted by atomic mass is 19.3. The predicted octanol–water partition coefficient (Wildman–Crippen LogP) is 2.77. The van der Waals surface area contributed by atoms with E-state index in [1.54, 1.807) is 0 Å². The molecule has 3 rings (SSSR count). The number of aryl methyl sites for hydroxylation is 3. The summed E-state index contributed by atoms with van der Waals surface area (Å²) in [6.07, 6.45) is -0.580. The van der Waals surface area contributed by atoms with Gasteiger partial charge in [-0.25, -0.2) is 8.78 Å². The van der Waals surface area contributed by atoms with Gasteiger partial charge in [-0.3, -0.25) is 14.4 Å². The van der Waals surface area contributed by atoms with Crippen LogP contribution in [0.2, 0.25) is 0 Å². The van der Waals surface area contributed by atoms with Crippen molar-refractivity contribution in [2.75, 3.05) is 0 Å². The Morgan fingerprint density at radius 2 is 1.76 bits per heavy atom. The molecule has 1 aromatic rings. The quantitative estimate of drug-likeness (QED) is 0.850. The second kappa shape index (κ2) is 6.00. The van der Waals surface area contributed by atoms with E-state index in [2.05, 4.69) is 5.32 Å². The van der Waals surface area contributed by atoms with Crippen LogP contribution >= 0.6 is 0 Å². The highest BCUT2D eigenvalue weighted by Gasteiger charge is 2.58. The molecule has 134 valence electrons. The molecule has 2 aliphatic carbocycles. The Morgan fingerprint density at radius 3 is 2.28 bits per heavy atom. The molecule has 0 spiro atoms. The van der Waals surface area contributed by atoms with E-state index in [4.69, 9.17) is 0 Å². The highest BCUT2D eigenvalue weighted by molar-refractivity contribution is 6.15. The first kappa shape index (κ1) is 17.7. The normalized spacial score (nSPS) is 27.5. The third-order valence-corrected chi connectivity index (χ3v) is 5.08. The van der Waals surface area contributed by atoms with E-state index in [9.17, 15) is 23.2 Å². The summed E-state index contributed by atoms with van der Waals surface area (Å²) in [5.41, 5.74) is 3.54. The molecule has 3 unspecified atom stereocenters. The van der Waals surface area contributed by atoms with Gasteiger partial charge in [-0.1, -0.05) is 17.7 Å². The molecule has 0 aliphatic heterocycles. The van der Waals surface area contributed by atoms with Crippen molar-refractivity contribution in [3.05, 3.63) is 34.4 Å². The van der Waals surface area contributed by atoms with Crippen LogP contribution in [0.3, 0.4) is 0 Å². The minimum Gasteiger partial charge on any atom is -0.347 e. The Morgan fingerprint density at radius 1 is 1.20 bits per heavy atom. The number of alkyl halides is 2. The number of hydrogen-bond acceptors (Lipinski definition) is 3. The summed E-state index contributed by atoms with van der Waals surface area (Å²) in [5, 5.41) is 2.24. The van der Waals surface area contributed by atoms with E-state index in [1.165, 1.54) is 0 Å². The number of benzene rings is 1. The first-order valence-corrected chi connectivity index (χ1v) is 8.41. The van der Waals surface area contributed by atoms with Gasteiger partial charge >= 0.3 is 0 Å². The van der Waals surface area contributed by atoms with E-state index >= 15 is 0 Å². The third kappa shape index (κ3) is 3.34. The lowest BCUT2D eigenvalue weighted by Gasteiger charge is -2.16. The second-order valence-corrected chi connectivity index (χ2v) is 7.30. The lowest BCUT2D eigenvalue weighted by atomic mass is 9.86.